The van der Waals surface area contributed by atoms with Gasteiger partial charge in [0.2, 0.25) is 0 Å². The van der Waals surface area contributed by atoms with E-state index in [1.165, 1.54) is 45.3 Å². The minimum atomic E-state index is -1.11. The highest BCUT2D eigenvalue weighted by Gasteiger charge is 2.43. The van der Waals surface area contributed by atoms with Crippen molar-refractivity contribution in [2.24, 2.45) is 11.3 Å². The number of fused-ring (bicyclic) bond motifs is 2. The number of aryl methyl sites for hydroxylation is 1. The molecular weight excluding hydrogens is 562 g/mol. The number of benzene rings is 2. The first-order valence-electron chi connectivity index (χ1n) is 14.4. The highest BCUT2D eigenvalue weighted by molar-refractivity contribution is 5.91. The average Bonchev–Trinajstić information content (AvgIpc) is 3.41. The van der Waals surface area contributed by atoms with Crippen molar-refractivity contribution < 1.29 is 19.8 Å². The van der Waals surface area contributed by atoms with Gasteiger partial charge in [0, 0.05) is 48.9 Å². The molecule has 2 aromatic carbocycles. The van der Waals surface area contributed by atoms with Gasteiger partial charge in [0.25, 0.3) is 0 Å². The maximum Gasteiger partial charge on any atom is 0.331 e. The first-order valence-corrected chi connectivity index (χ1v) is 14.4. The van der Waals surface area contributed by atoms with E-state index in [9.17, 15) is 9.59 Å². The number of hydrogen-bond donors (Lipinski definition) is 2. The Morgan fingerprint density at radius 1 is 1.02 bits per heavy atom. The van der Waals surface area contributed by atoms with Crippen LogP contribution in [0, 0.1) is 18.3 Å². The Morgan fingerprint density at radius 3 is 2.42 bits per heavy atom. The van der Waals surface area contributed by atoms with Gasteiger partial charge in [-0.3, -0.25) is 4.79 Å². The molecule has 43 heavy (non-hydrogen) atoms. The van der Waals surface area contributed by atoms with E-state index in [1.807, 2.05) is 6.20 Å². The molecule has 6 rings (SSSR count). The fraction of sp³-hybridized carbons (Fsp3) is 0.286. The lowest BCUT2D eigenvalue weighted by molar-refractivity contribution is -0.147. The molecule has 0 fully saturated rings. The van der Waals surface area contributed by atoms with E-state index in [0.717, 1.165) is 31.9 Å². The Bertz CT molecular complexity index is 1670. The van der Waals surface area contributed by atoms with Crippen LogP contribution in [0.5, 0.6) is 0 Å². The summed E-state index contributed by atoms with van der Waals surface area (Å²) in [7, 11) is 0. The van der Waals surface area contributed by atoms with E-state index < -0.39 is 23.3 Å². The molecule has 2 unspecified atom stereocenters. The minimum absolute atomic E-state index is 0. The van der Waals surface area contributed by atoms with Gasteiger partial charge in [-0.15, -0.1) is 12.4 Å². The monoisotopic (exact) mass is 599 g/mol. The summed E-state index contributed by atoms with van der Waals surface area (Å²) >= 11 is 0. The SMILES string of the molecule is CCC1C(C(=O)O)=CC=CC1(C)C(=O)O.Cc1ccc(Cn2ccc3ccnc(N4CCc5ccccc5C4)c32)cc1.Cl. The summed E-state index contributed by atoms with van der Waals surface area (Å²) in [6.07, 6.45) is 10.2. The molecule has 0 saturated carbocycles. The number of halogens is 1. The fourth-order valence-corrected chi connectivity index (χ4v) is 6.05. The summed E-state index contributed by atoms with van der Waals surface area (Å²) in [5.41, 5.74) is 5.79. The number of aliphatic carboxylic acids is 2. The molecule has 0 saturated heterocycles. The molecule has 3 heterocycles. The van der Waals surface area contributed by atoms with Gasteiger partial charge in [0.15, 0.2) is 5.82 Å². The lowest BCUT2D eigenvalue weighted by Crippen LogP contribution is -2.38. The predicted octanol–water partition coefficient (Wildman–Crippen LogP) is 7.06. The molecule has 224 valence electrons. The van der Waals surface area contributed by atoms with Crippen molar-refractivity contribution in [2.45, 2.75) is 46.7 Å². The molecule has 2 aliphatic rings. The Morgan fingerprint density at radius 2 is 1.74 bits per heavy atom. The van der Waals surface area contributed by atoms with Crippen molar-refractivity contribution in [1.82, 2.24) is 9.55 Å². The number of nitrogens with zero attached hydrogens (tertiary/aromatic N) is 3. The zero-order chi connectivity index (χ0) is 29.9. The molecule has 1 aliphatic heterocycles. The Balaban J connectivity index is 0.000000228. The lowest BCUT2D eigenvalue weighted by Gasteiger charge is -2.33. The molecule has 1 aliphatic carbocycles. The molecule has 0 radical (unpaired) electrons. The maximum absolute atomic E-state index is 11.1. The van der Waals surface area contributed by atoms with Gasteiger partial charge in [0.05, 0.1) is 10.9 Å². The second-order valence-electron chi connectivity index (χ2n) is 11.3. The van der Waals surface area contributed by atoms with Crippen LogP contribution in [0.25, 0.3) is 10.9 Å². The average molecular weight is 600 g/mol. The number of anilines is 1. The maximum atomic E-state index is 11.1. The van der Waals surface area contributed by atoms with Gasteiger partial charge in [-0.05, 0) is 55.5 Å². The highest BCUT2D eigenvalue weighted by atomic mass is 35.5. The molecule has 4 aromatic rings. The molecule has 8 heteroatoms. The van der Waals surface area contributed by atoms with Crippen LogP contribution in [0.4, 0.5) is 5.82 Å². The summed E-state index contributed by atoms with van der Waals surface area (Å²) < 4.78 is 2.34. The number of carboxylic acid groups (broad SMARTS) is 2. The van der Waals surface area contributed by atoms with Crippen LogP contribution in [0.3, 0.4) is 0 Å². The van der Waals surface area contributed by atoms with Crippen molar-refractivity contribution in [3.05, 3.63) is 119 Å². The van der Waals surface area contributed by atoms with E-state index in [4.69, 9.17) is 15.2 Å². The number of carboxylic acids is 2. The summed E-state index contributed by atoms with van der Waals surface area (Å²) in [4.78, 5) is 29.3. The van der Waals surface area contributed by atoms with Gasteiger partial charge in [-0.25, -0.2) is 9.78 Å². The molecule has 2 N–H and O–H groups in total. The molecule has 7 nitrogen and oxygen atoms in total. The van der Waals surface area contributed by atoms with Crippen molar-refractivity contribution in [2.75, 3.05) is 11.4 Å². The van der Waals surface area contributed by atoms with E-state index >= 15 is 0 Å². The number of allylic oxidation sites excluding steroid dienone is 2. The largest absolute Gasteiger partial charge is 0.481 e. The van der Waals surface area contributed by atoms with Crippen molar-refractivity contribution in [3.63, 3.8) is 0 Å². The summed E-state index contributed by atoms with van der Waals surface area (Å²) in [6, 6.07) is 21.9. The van der Waals surface area contributed by atoms with E-state index in [-0.39, 0.29) is 18.0 Å². The summed E-state index contributed by atoms with van der Waals surface area (Å²) in [5.74, 6) is -1.41. The lowest BCUT2D eigenvalue weighted by atomic mass is 9.69. The van der Waals surface area contributed by atoms with E-state index in [1.54, 1.807) is 19.9 Å². The number of aromatic nitrogens is 2. The van der Waals surface area contributed by atoms with Crippen LogP contribution in [0.15, 0.2) is 96.9 Å². The van der Waals surface area contributed by atoms with Crippen molar-refractivity contribution >= 4 is 41.1 Å². The van der Waals surface area contributed by atoms with Crippen molar-refractivity contribution in [1.29, 1.82) is 0 Å². The van der Waals surface area contributed by atoms with Crippen LogP contribution in [0.2, 0.25) is 0 Å². The van der Waals surface area contributed by atoms with Gasteiger partial charge in [-0.2, -0.15) is 0 Å². The van der Waals surface area contributed by atoms with Gasteiger partial charge in [-0.1, -0.05) is 79.2 Å². The molecule has 2 aromatic heterocycles. The van der Waals surface area contributed by atoms with Crippen LogP contribution < -0.4 is 4.90 Å². The molecule has 0 bridgehead atoms. The molecule has 0 amide bonds. The van der Waals surface area contributed by atoms with E-state index in [2.05, 4.69) is 83.3 Å². The summed E-state index contributed by atoms with van der Waals surface area (Å²) in [5, 5.41) is 19.3. The predicted molar refractivity (Wildman–Crippen MR) is 173 cm³/mol. The van der Waals surface area contributed by atoms with Crippen LogP contribution in [0.1, 0.15) is 42.5 Å². The minimum Gasteiger partial charge on any atom is -0.481 e. The zero-order valence-electron chi connectivity index (χ0n) is 24.7. The third-order valence-electron chi connectivity index (χ3n) is 8.49. The van der Waals surface area contributed by atoms with Gasteiger partial charge >= 0.3 is 11.9 Å². The first-order chi connectivity index (χ1) is 20.2. The van der Waals surface area contributed by atoms with Crippen LogP contribution in [-0.4, -0.2) is 38.2 Å². The second-order valence-corrected chi connectivity index (χ2v) is 11.3. The summed E-state index contributed by atoms with van der Waals surface area (Å²) in [6.45, 7) is 8.28. The fourth-order valence-electron chi connectivity index (χ4n) is 6.05. The third kappa shape index (κ3) is 6.52. The topological polar surface area (TPSA) is 95.7 Å². The zero-order valence-corrected chi connectivity index (χ0v) is 25.6. The highest BCUT2D eigenvalue weighted by Crippen LogP contribution is 2.40. The molecular formula is C35H38ClN3O4. The quantitative estimate of drug-likeness (QED) is 0.246. The first kappa shape index (κ1) is 31.6. The molecule has 2 atom stereocenters. The standard InChI is InChI=1S/C24H23N3.C11H14O4.ClH/c1-18-6-8-19(9-7-18)16-26-14-12-21-10-13-25-24(23(21)26)27-15-11-20-4-2-3-5-22(20)17-27;1-3-8-7(9(12)13)5-4-6-11(8,2)10(14)15;/h2-10,12-14H,11,15-17H2,1H3;4-6,8H,3H2,1-2H3,(H,12,13)(H,14,15);1H. The number of hydrogen-bond acceptors (Lipinski definition) is 4. The van der Waals surface area contributed by atoms with Crippen LogP contribution in [-0.2, 0) is 29.1 Å². The third-order valence-corrected chi connectivity index (χ3v) is 8.49. The van der Waals surface area contributed by atoms with Gasteiger partial charge < -0.3 is 19.7 Å². The van der Waals surface area contributed by atoms with Crippen LogP contribution >= 0.6 is 12.4 Å². The normalized spacial score (nSPS) is 19.0. The van der Waals surface area contributed by atoms with Gasteiger partial charge in [0.1, 0.15) is 0 Å². The smallest absolute Gasteiger partial charge is 0.331 e. The number of carbonyl (C=O) groups is 2. The Hall–Kier alpha value is -4.36. The van der Waals surface area contributed by atoms with Crippen molar-refractivity contribution in [3.8, 4) is 0 Å². The second kappa shape index (κ2) is 13.3. The Kier molecular flexibility index (Phi) is 9.77. The number of pyridine rings is 1. The Labute approximate surface area is 258 Å². The molecule has 0 spiro atoms. The number of rotatable bonds is 6. The van der Waals surface area contributed by atoms with E-state index in [0.29, 0.717) is 6.42 Å².